The molecule has 0 rings (SSSR count). The number of unbranched alkanes of at least 4 members (excludes halogenated alkanes) is 8. The van der Waals surface area contributed by atoms with E-state index < -0.39 is 0 Å². The number of nitrogens with zero attached hydrogens (tertiary/aromatic N) is 1. The molecule has 0 saturated heterocycles. The molecular weight excluding hydrogens is 222 g/mol. The lowest BCUT2D eigenvalue weighted by Crippen LogP contribution is -2.41. The molecule has 0 aromatic carbocycles. The Morgan fingerprint density at radius 2 is 0.889 bits per heavy atom. The van der Waals surface area contributed by atoms with Gasteiger partial charge in [-0.05, 0) is 25.7 Å². The Hall–Kier alpha value is -0.0800. The van der Waals surface area contributed by atoms with Crippen LogP contribution in [0.15, 0.2) is 0 Å². The van der Waals surface area contributed by atoms with Gasteiger partial charge in [0, 0.05) is 0 Å². The maximum absolute atomic E-state index is 2.40. The van der Waals surface area contributed by atoms with E-state index in [1.807, 2.05) is 0 Å². The lowest BCUT2D eigenvalue weighted by molar-refractivity contribution is -0.890. The summed E-state index contributed by atoms with van der Waals surface area (Å²) in [6.07, 6.45) is 14.1. The standard InChI is InChI=1S/C16H36N.H2O/c1-5-7-9-11-13-15-17(3,4)16-14-12-10-8-6-2;/h5-16H2,1-4H3;1H2/q+1;/p-1. The van der Waals surface area contributed by atoms with Crippen LogP contribution in [0, 0.1) is 0 Å². The Morgan fingerprint density at radius 3 is 1.22 bits per heavy atom. The van der Waals surface area contributed by atoms with E-state index >= 15 is 0 Å². The molecule has 2 heteroatoms. The monoisotopic (exact) mass is 259 g/mol. The summed E-state index contributed by atoms with van der Waals surface area (Å²) in [4.78, 5) is 0. The van der Waals surface area contributed by atoms with E-state index in [-0.39, 0.29) is 5.48 Å². The van der Waals surface area contributed by atoms with Crippen LogP contribution < -0.4 is 0 Å². The second kappa shape index (κ2) is 13.4. The third-order valence-electron chi connectivity index (χ3n) is 3.73. The molecule has 0 amide bonds. The molecule has 0 atom stereocenters. The molecule has 2 nitrogen and oxygen atoms in total. The van der Waals surface area contributed by atoms with Crippen molar-refractivity contribution in [1.82, 2.24) is 0 Å². The van der Waals surface area contributed by atoms with Gasteiger partial charge in [-0.25, -0.2) is 0 Å². The first kappa shape index (κ1) is 20.2. The van der Waals surface area contributed by atoms with Gasteiger partial charge in [0.1, 0.15) is 0 Å². The third kappa shape index (κ3) is 14.0. The summed E-state index contributed by atoms with van der Waals surface area (Å²) in [6.45, 7) is 7.32. The summed E-state index contributed by atoms with van der Waals surface area (Å²) in [7, 11) is 4.80. The fourth-order valence-electron chi connectivity index (χ4n) is 2.40. The second-order valence-corrected chi connectivity index (χ2v) is 6.21. The molecule has 0 spiro atoms. The maximum Gasteiger partial charge on any atom is 0.0782 e. The van der Waals surface area contributed by atoms with Crippen molar-refractivity contribution in [3.05, 3.63) is 0 Å². The van der Waals surface area contributed by atoms with Gasteiger partial charge < -0.3 is 9.96 Å². The molecule has 1 N–H and O–H groups in total. The van der Waals surface area contributed by atoms with E-state index in [1.165, 1.54) is 81.8 Å². The molecule has 0 aliphatic heterocycles. The SMILES string of the molecule is CCCCCCC[N+](C)(C)CCCCCCC.[OH-]. The molecule has 112 valence electrons. The summed E-state index contributed by atoms with van der Waals surface area (Å²) in [6, 6.07) is 0. The van der Waals surface area contributed by atoms with E-state index in [1.54, 1.807) is 0 Å². The van der Waals surface area contributed by atoms with Crippen molar-refractivity contribution in [2.45, 2.75) is 78.1 Å². The van der Waals surface area contributed by atoms with E-state index in [9.17, 15) is 0 Å². The minimum atomic E-state index is 0. The van der Waals surface area contributed by atoms with Gasteiger partial charge in [0.05, 0.1) is 27.2 Å². The largest absolute Gasteiger partial charge is 0.870 e. The maximum atomic E-state index is 2.40. The van der Waals surface area contributed by atoms with Crippen LogP contribution in [0.3, 0.4) is 0 Å². The normalized spacial score (nSPS) is 11.3. The summed E-state index contributed by atoms with van der Waals surface area (Å²) >= 11 is 0. The predicted octanol–water partition coefficient (Wildman–Crippen LogP) is 4.83. The second-order valence-electron chi connectivity index (χ2n) is 6.21. The molecular formula is C16H37NO. The van der Waals surface area contributed by atoms with Gasteiger partial charge in [-0.1, -0.05) is 52.4 Å². The number of quaternary nitrogens is 1. The Balaban J connectivity index is 0. The summed E-state index contributed by atoms with van der Waals surface area (Å²) in [5.74, 6) is 0. The third-order valence-corrected chi connectivity index (χ3v) is 3.73. The Labute approximate surface area is 116 Å². The van der Waals surface area contributed by atoms with Crippen LogP contribution in [0.1, 0.15) is 78.1 Å². The van der Waals surface area contributed by atoms with Gasteiger partial charge in [0.2, 0.25) is 0 Å². The van der Waals surface area contributed by atoms with E-state index in [4.69, 9.17) is 0 Å². The van der Waals surface area contributed by atoms with E-state index in [0.717, 1.165) is 0 Å². The van der Waals surface area contributed by atoms with Crippen LogP contribution in [0.5, 0.6) is 0 Å². The van der Waals surface area contributed by atoms with Crippen molar-refractivity contribution in [1.29, 1.82) is 0 Å². The number of hydrogen-bond acceptors (Lipinski definition) is 1. The molecule has 0 aromatic heterocycles. The van der Waals surface area contributed by atoms with Crippen molar-refractivity contribution in [2.24, 2.45) is 0 Å². The first-order valence-electron chi connectivity index (χ1n) is 7.94. The zero-order valence-electron chi connectivity index (χ0n) is 13.4. The van der Waals surface area contributed by atoms with Crippen LogP contribution in [0.2, 0.25) is 0 Å². The van der Waals surface area contributed by atoms with Crippen molar-refractivity contribution < 1.29 is 9.96 Å². The fourth-order valence-corrected chi connectivity index (χ4v) is 2.40. The zero-order chi connectivity index (χ0) is 13.0. The zero-order valence-corrected chi connectivity index (χ0v) is 13.4. The Bertz CT molecular complexity index is 141. The highest BCUT2D eigenvalue weighted by atomic mass is 16.0. The number of rotatable bonds is 12. The lowest BCUT2D eigenvalue weighted by atomic mass is 10.1. The molecule has 0 heterocycles. The highest BCUT2D eigenvalue weighted by Crippen LogP contribution is 2.10. The van der Waals surface area contributed by atoms with Gasteiger partial charge in [-0.15, -0.1) is 0 Å². The molecule has 0 aliphatic rings. The summed E-state index contributed by atoms with van der Waals surface area (Å²) in [5.41, 5.74) is 0. The minimum absolute atomic E-state index is 0. The van der Waals surface area contributed by atoms with Crippen LogP contribution in [0.25, 0.3) is 0 Å². The topological polar surface area (TPSA) is 30.0 Å². The van der Waals surface area contributed by atoms with Crippen LogP contribution in [0.4, 0.5) is 0 Å². The molecule has 0 bridgehead atoms. The van der Waals surface area contributed by atoms with E-state index in [0.29, 0.717) is 0 Å². The van der Waals surface area contributed by atoms with E-state index in [2.05, 4.69) is 27.9 Å². The van der Waals surface area contributed by atoms with Crippen molar-refractivity contribution in [3.63, 3.8) is 0 Å². The fraction of sp³-hybridized carbons (Fsp3) is 1.00. The van der Waals surface area contributed by atoms with Gasteiger partial charge in [0.15, 0.2) is 0 Å². The number of hydrogen-bond donors (Lipinski definition) is 0. The van der Waals surface area contributed by atoms with Crippen LogP contribution >= 0.6 is 0 Å². The lowest BCUT2D eigenvalue weighted by Gasteiger charge is -2.30. The molecule has 0 aliphatic carbocycles. The van der Waals surface area contributed by atoms with Gasteiger partial charge in [-0.3, -0.25) is 0 Å². The molecule has 0 aromatic rings. The molecule has 0 fully saturated rings. The predicted molar refractivity (Wildman–Crippen MR) is 81.3 cm³/mol. The smallest absolute Gasteiger partial charge is 0.0782 e. The first-order valence-corrected chi connectivity index (χ1v) is 7.94. The van der Waals surface area contributed by atoms with Gasteiger partial charge in [0.25, 0.3) is 0 Å². The molecule has 0 saturated carbocycles. The van der Waals surface area contributed by atoms with Crippen molar-refractivity contribution in [3.8, 4) is 0 Å². The Morgan fingerprint density at radius 1 is 0.556 bits per heavy atom. The van der Waals surface area contributed by atoms with Crippen LogP contribution in [-0.4, -0.2) is 37.1 Å². The molecule has 18 heavy (non-hydrogen) atoms. The van der Waals surface area contributed by atoms with Gasteiger partial charge >= 0.3 is 0 Å². The summed E-state index contributed by atoms with van der Waals surface area (Å²) in [5, 5.41) is 0. The quantitative estimate of drug-likeness (QED) is 0.365. The highest BCUT2D eigenvalue weighted by molar-refractivity contribution is 4.45. The average Bonchev–Trinajstić information content (AvgIpc) is 2.28. The molecule has 0 unspecified atom stereocenters. The van der Waals surface area contributed by atoms with Crippen molar-refractivity contribution >= 4 is 0 Å². The van der Waals surface area contributed by atoms with Crippen molar-refractivity contribution in [2.75, 3.05) is 27.2 Å². The van der Waals surface area contributed by atoms with Crippen LogP contribution in [-0.2, 0) is 0 Å². The van der Waals surface area contributed by atoms with Gasteiger partial charge in [-0.2, -0.15) is 0 Å². The Kier molecular flexibility index (Phi) is 15.0. The minimum Gasteiger partial charge on any atom is -0.870 e. The highest BCUT2D eigenvalue weighted by Gasteiger charge is 2.13. The summed E-state index contributed by atoms with van der Waals surface area (Å²) < 4.78 is 1.23. The molecule has 0 radical (unpaired) electrons. The average molecular weight is 259 g/mol. The first-order chi connectivity index (χ1) is 8.12.